The van der Waals surface area contributed by atoms with Gasteiger partial charge in [-0.15, -0.1) is 0 Å². The van der Waals surface area contributed by atoms with Crippen LogP contribution in [0.2, 0.25) is 0 Å². The monoisotopic (exact) mass is 349 g/mol. The van der Waals surface area contributed by atoms with Crippen LogP contribution in [-0.4, -0.2) is 55.1 Å². The summed E-state index contributed by atoms with van der Waals surface area (Å²) in [5.74, 6) is 0. The summed E-state index contributed by atoms with van der Waals surface area (Å²) < 4.78 is 0. The van der Waals surface area contributed by atoms with Crippen molar-refractivity contribution in [3.63, 3.8) is 0 Å². The van der Waals surface area contributed by atoms with Crippen molar-refractivity contribution in [2.45, 2.75) is 37.4 Å². The molecule has 4 rings (SSSR count). The molecule has 3 heteroatoms. The van der Waals surface area contributed by atoms with Crippen molar-refractivity contribution in [1.82, 2.24) is 15.1 Å². The molecule has 2 aliphatic heterocycles. The van der Waals surface area contributed by atoms with Crippen LogP contribution < -0.4 is 5.32 Å². The smallest absolute Gasteiger partial charge is 0.0604 e. The van der Waals surface area contributed by atoms with Crippen LogP contribution in [0.3, 0.4) is 0 Å². The molecule has 2 heterocycles. The average Bonchev–Trinajstić information content (AvgIpc) is 2.68. The number of likely N-dealkylation sites (N-methyl/N-ethyl adjacent to an activating group) is 1. The summed E-state index contributed by atoms with van der Waals surface area (Å²) in [5.41, 5.74) is 2.83. The molecular weight excluding hydrogens is 318 g/mol. The molecule has 2 aliphatic rings. The van der Waals surface area contributed by atoms with E-state index >= 15 is 0 Å². The van der Waals surface area contributed by atoms with E-state index in [4.69, 9.17) is 0 Å². The molecule has 0 saturated carbocycles. The molecule has 1 N–H and O–H groups in total. The van der Waals surface area contributed by atoms with E-state index in [-0.39, 0.29) is 0 Å². The minimum absolute atomic E-state index is 0.387. The number of nitrogens with one attached hydrogen (secondary N) is 1. The lowest BCUT2D eigenvalue weighted by atomic mass is 9.88. The van der Waals surface area contributed by atoms with Gasteiger partial charge in [0.15, 0.2) is 0 Å². The number of nitrogens with zero attached hydrogens (tertiary/aromatic N) is 2. The van der Waals surface area contributed by atoms with Gasteiger partial charge in [0.2, 0.25) is 0 Å². The standard InChI is InChI=1S/C23H31N3/c1-25-17-15-24-18-22(25)13-12-21-14-16-26(21)23(19-8-4-2-5-9-19)20-10-6-3-7-11-20/h2-11,21-24H,12-18H2,1H3/t21?,22-/m1/s1. The Morgan fingerprint density at radius 1 is 0.885 bits per heavy atom. The number of benzene rings is 2. The van der Waals surface area contributed by atoms with Crippen LogP contribution in [0.4, 0.5) is 0 Å². The van der Waals surface area contributed by atoms with Gasteiger partial charge in [0.05, 0.1) is 6.04 Å². The minimum Gasteiger partial charge on any atom is -0.314 e. The maximum Gasteiger partial charge on any atom is 0.0604 e. The molecule has 0 amide bonds. The van der Waals surface area contributed by atoms with Crippen LogP contribution in [0, 0.1) is 0 Å². The zero-order valence-corrected chi connectivity index (χ0v) is 15.8. The van der Waals surface area contributed by atoms with E-state index in [1.807, 2.05) is 0 Å². The van der Waals surface area contributed by atoms with Crippen molar-refractivity contribution in [2.24, 2.45) is 0 Å². The lowest BCUT2D eigenvalue weighted by Crippen LogP contribution is -2.52. The number of hydrogen-bond donors (Lipinski definition) is 1. The summed E-state index contributed by atoms with van der Waals surface area (Å²) in [5, 5.41) is 3.56. The molecule has 2 aromatic carbocycles. The van der Waals surface area contributed by atoms with E-state index in [0.29, 0.717) is 18.1 Å². The fraction of sp³-hybridized carbons (Fsp3) is 0.478. The number of likely N-dealkylation sites (tertiary alicyclic amines) is 1. The van der Waals surface area contributed by atoms with Crippen molar-refractivity contribution in [3.05, 3.63) is 71.8 Å². The first-order valence-corrected chi connectivity index (χ1v) is 10.1. The Labute approximate surface area is 158 Å². The normalized spacial score (nSPS) is 24.5. The van der Waals surface area contributed by atoms with Crippen LogP contribution in [0.5, 0.6) is 0 Å². The summed E-state index contributed by atoms with van der Waals surface area (Å²) >= 11 is 0. The zero-order valence-electron chi connectivity index (χ0n) is 15.8. The molecule has 3 nitrogen and oxygen atoms in total. The second-order valence-corrected chi connectivity index (χ2v) is 7.82. The molecule has 2 aromatic rings. The molecule has 1 unspecified atom stereocenters. The predicted molar refractivity (Wildman–Crippen MR) is 108 cm³/mol. The maximum absolute atomic E-state index is 3.56. The number of rotatable bonds is 6. The molecular formula is C23H31N3. The van der Waals surface area contributed by atoms with Crippen LogP contribution in [0.1, 0.15) is 36.4 Å². The van der Waals surface area contributed by atoms with Crippen LogP contribution >= 0.6 is 0 Å². The molecule has 2 fully saturated rings. The van der Waals surface area contributed by atoms with Gasteiger partial charge in [-0.1, -0.05) is 60.7 Å². The fourth-order valence-electron chi connectivity index (χ4n) is 4.53. The fourth-order valence-corrected chi connectivity index (χ4v) is 4.53. The first-order valence-electron chi connectivity index (χ1n) is 10.1. The quantitative estimate of drug-likeness (QED) is 0.861. The molecule has 0 aliphatic carbocycles. The molecule has 0 bridgehead atoms. The van der Waals surface area contributed by atoms with E-state index in [9.17, 15) is 0 Å². The van der Waals surface area contributed by atoms with Gasteiger partial charge in [-0.05, 0) is 37.4 Å². The average molecular weight is 350 g/mol. The van der Waals surface area contributed by atoms with Gasteiger partial charge in [-0.3, -0.25) is 4.90 Å². The Kier molecular flexibility index (Phi) is 5.68. The minimum atomic E-state index is 0.387. The van der Waals surface area contributed by atoms with Crippen molar-refractivity contribution in [2.75, 3.05) is 33.2 Å². The van der Waals surface area contributed by atoms with Gasteiger partial charge in [0.1, 0.15) is 0 Å². The van der Waals surface area contributed by atoms with E-state index in [1.54, 1.807) is 0 Å². The van der Waals surface area contributed by atoms with Crippen LogP contribution in [-0.2, 0) is 0 Å². The second-order valence-electron chi connectivity index (χ2n) is 7.82. The molecule has 2 atom stereocenters. The van der Waals surface area contributed by atoms with Gasteiger partial charge in [-0.2, -0.15) is 0 Å². The summed E-state index contributed by atoms with van der Waals surface area (Å²) in [4.78, 5) is 5.26. The Morgan fingerprint density at radius 3 is 2.04 bits per heavy atom. The molecule has 26 heavy (non-hydrogen) atoms. The van der Waals surface area contributed by atoms with E-state index in [0.717, 1.165) is 13.1 Å². The first-order chi connectivity index (χ1) is 12.8. The zero-order chi connectivity index (χ0) is 17.8. The third kappa shape index (κ3) is 3.85. The molecule has 0 spiro atoms. The van der Waals surface area contributed by atoms with Gasteiger partial charge < -0.3 is 10.2 Å². The lowest BCUT2D eigenvalue weighted by molar-refractivity contribution is 0.0428. The highest BCUT2D eigenvalue weighted by Crippen LogP contribution is 2.37. The number of piperazine rings is 1. The van der Waals surface area contributed by atoms with Crippen LogP contribution in [0.15, 0.2) is 60.7 Å². The summed E-state index contributed by atoms with van der Waals surface area (Å²) in [6.07, 6.45) is 3.92. The second kappa shape index (κ2) is 8.34. The Morgan fingerprint density at radius 2 is 1.50 bits per heavy atom. The van der Waals surface area contributed by atoms with Gasteiger partial charge in [0, 0.05) is 38.3 Å². The van der Waals surface area contributed by atoms with Crippen molar-refractivity contribution in [1.29, 1.82) is 0 Å². The Hall–Kier alpha value is -1.68. The summed E-state index contributed by atoms with van der Waals surface area (Å²) in [6, 6.07) is 23.8. The third-order valence-corrected chi connectivity index (χ3v) is 6.23. The highest BCUT2D eigenvalue weighted by Gasteiger charge is 2.35. The largest absolute Gasteiger partial charge is 0.314 e. The Balaban J connectivity index is 1.47. The third-order valence-electron chi connectivity index (χ3n) is 6.23. The van der Waals surface area contributed by atoms with E-state index in [1.165, 1.54) is 43.5 Å². The van der Waals surface area contributed by atoms with Crippen LogP contribution in [0.25, 0.3) is 0 Å². The van der Waals surface area contributed by atoms with E-state index < -0.39 is 0 Å². The maximum atomic E-state index is 3.56. The first kappa shape index (κ1) is 17.7. The topological polar surface area (TPSA) is 18.5 Å². The van der Waals surface area contributed by atoms with Crippen molar-refractivity contribution >= 4 is 0 Å². The lowest BCUT2D eigenvalue weighted by Gasteiger charge is -2.47. The molecule has 2 saturated heterocycles. The van der Waals surface area contributed by atoms with E-state index in [2.05, 4.69) is 82.8 Å². The van der Waals surface area contributed by atoms with Gasteiger partial charge in [0.25, 0.3) is 0 Å². The Bertz CT molecular complexity index is 633. The molecule has 0 aromatic heterocycles. The highest BCUT2D eigenvalue weighted by molar-refractivity contribution is 5.32. The highest BCUT2D eigenvalue weighted by atomic mass is 15.2. The molecule has 138 valence electrons. The number of hydrogen-bond acceptors (Lipinski definition) is 3. The van der Waals surface area contributed by atoms with Gasteiger partial charge >= 0.3 is 0 Å². The van der Waals surface area contributed by atoms with Gasteiger partial charge in [-0.25, -0.2) is 0 Å². The SMILES string of the molecule is CN1CCNC[C@H]1CCC1CCN1C(c1ccccc1)c1ccccc1. The summed E-state index contributed by atoms with van der Waals surface area (Å²) in [7, 11) is 2.28. The predicted octanol–water partition coefficient (Wildman–Crippen LogP) is 3.53. The van der Waals surface area contributed by atoms with Crippen molar-refractivity contribution < 1.29 is 0 Å². The summed E-state index contributed by atoms with van der Waals surface area (Å²) in [6.45, 7) is 4.66. The molecule has 0 radical (unpaired) electrons. The van der Waals surface area contributed by atoms with Crippen molar-refractivity contribution in [3.8, 4) is 0 Å².